The number of thioether (sulfide) groups is 1. The first kappa shape index (κ1) is 12.2. The Morgan fingerprint density at radius 2 is 2.32 bits per heavy atom. The maximum absolute atomic E-state index is 11.4. The van der Waals surface area contributed by atoms with Gasteiger partial charge in [0, 0.05) is 16.1 Å². The van der Waals surface area contributed by atoms with Crippen LogP contribution in [0.4, 0.5) is 11.4 Å². The molecular formula is C14H14N2O2S. The molecule has 0 spiro atoms. The lowest BCUT2D eigenvalue weighted by atomic mass is 10.1. The molecule has 2 N–H and O–H groups in total. The molecule has 0 aliphatic carbocycles. The molecule has 0 fully saturated rings. The van der Waals surface area contributed by atoms with Crippen molar-refractivity contribution in [3.63, 3.8) is 0 Å². The van der Waals surface area contributed by atoms with Crippen LogP contribution in [0.5, 0.6) is 0 Å². The van der Waals surface area contributed by atoms with Crippen LogP contribution >= 0.6 is 11.8 Å². The van der Waals surface area contributed by atoms with Gasteiger partial charge in [-0.25, -0.2) is 0 Å². The van der Waals surface area contributed by atoms with Crippen molar-refractivity contribution in [2.75, 3.05) is 16.4 Å². The van der Waals surface area contributed by atoms with Gasteiger partial charge in [-0.2, -0.15) is 0 Å². The molecule has 2 aromatic rings. The molecule has 1 aliphatic heterocycles. The molecule has 0 bridgehead atoms. The van der Waals surface area contributed by atoms with Gasteiger partial charge in [0.2, 0.25) is 5.91 Å². The van der Waals surface area contributed by atoms with Crippen molar-refractivity contribution in [1.82, 2.24) is 0 Å². The van der Waals surface area contributed by atoms with E-state index in [0.29, 0.717) is 5.75 Å². The van der Waals surface area contributed by atoms with Crippen molar-refractivity contribution in [2.24, 2.45) is 0 Å². The van der Waals surface area contributed by atoms with Crippen LogP contribution in [0, 0.1) is 0 Å². The Kier molecular flexibility index (Phi) is 3.21. The van der Waals surface area contributed by atoms with Crippen molar-refractivity contribution < 1.29 is 9.21 Å². The first-order valence-electron chi connectivity index (χ1n) is 6.08. The molecule has 0 radical (unpaired) electrons. The van der Waals surface area contributed by atoms with Crippen molar-refractivity contribution in [2.45, 2.75) is 17.9 Å². The summed E-state index contributed by atoms with van der Waals surface area (Å²) in [5, 5.41) is 6.28. The number of hydrogen-bond donors (Lipinski definition) is 2. The van der Waals surface area contributed by atoms with Gasteiger partial charge in [0.1, 0.15) is 0 Å². The first-order valence-corrected chi connectivity index (χ1v) is 7.06. The number of carbonyl (C=O) groups excluding carboxylic acids is 1. The zero-order valence-electron chi connectivity index (χ0n) is 10.5. The highest BCUT2D eigenvalue weighted by atomic mass is 32.2. The molecule has 1 aliphatic rings. The Bertz CT molecular complexity index is 595. The Balaban J connectivity index is 1.79. The third kappa shape index (κ3) is 2.61. The lowest BCUT2D eigenvalue weighted by Crippen LogP contribution is -2.18. The van der Waals surface area contributed by atoms with Gasteiger partial charge >= 0.3 is 0 Å². The molecule has 4 nitrogen and oxygen atoms in total. The van der Waals surface area contributed by atoms with Gasteiger partial charge in [-0.15, -0.1) is 11.8 Å². The predicted octanol–water partition coefficient (Wildman–Crippen LogP) is 3.50. The average Bonchev–Trinajstić information content (AvgIpc) is 2.92. The van der Waals surface area contributed by atoms with Crippen molar-refractivity contribution in [3.8, 4) is 0 Å². The Morgan fingerprint density at radius 1 is 1.42 bits per heavy atom. The van der Waals surface area contributed by atoms with Crippen LogP contribution in [0.2, 0.25) is 0 Å². The van der Waals surface area contributed by atoms with Gasteiger partial charge in [-0.1, -0.05) is 0 Å². The van der Waals surface area contributed by atoms with Crippen LogP contribution in [0.25, 0.3) is 0 Å². The predicted molar refractivity (Wildman–Crippen MR) is 76.5 cm³/mol. The summed E-state index contributed by atoms with van der Waals surface area (Å²) in [6.45, 7) is 2.07. The molecule has 5 heteroatoms. The fourth-order valence-corrected chi connectivity index (χ4v) is 2.82. The van der Waals surface area contributed by atoms with Gasteiger partial charge in [0.05, 0.1) is 30.0 Å². The van der Waals surface area contributed by atoms with Crippen molar-refractivity contribution in [3.05, 3.63) is 42.4 Å². The minimum Gasteiger partial charge on any atom is -0.472 e. The number of hydrogen-bond acceptors (Lipinski definition) is 4. The van der Waals surface area contributed by atoms with Crippen LogP contribution in [0.1, 0.15) is 18.5 Å². The Labute approximate surface area is 115 Å². The maximum Gasteiger partial charge on any atom is 0.234 e. The van der Waals surface area contributed by atoms with E-state index < -0.39 is 0 Å². The standard InChI is InChI=1S/C14H14N2O2S/c1-9(10-4-5-18-7-10)15-11-2-3-13-12(6-11)16-14(17)8-19-13/h2-7,9,15H,8H2,1H3,(H,16,17). The zero-order chi connectivity index (χ0) is 13.2. The molecule has 1 unspecified atom stereocenters. The summed E-state index contributed by atoms with van der Waals surface area (Å²) in [7, 11) is 0. The van der Waals surface area contributed by atoms with E-state index in [1.165, 1.54) is 0 Å². The first-order chi connectivity index (χ1) is 9.22. The molecule has 1 atom stereocenters. The summed E-state index contributed by atoms with van der Waals surface area (Å²) in [4.78, 5) is 12.5. The number of furan rings is 1. The summed E-state index contributed by atoms with van der Waals surface area (Å²) < 4.78 is 5.08. The number of fused-ring (bicyclic) bond motifs is 1. The van der Waals surface area contributed by atoms with Crippen LogP contribution < -0.4 is 10.6 Å². The second-order valence-electron chi connectivity index (χ2n) is 4.47. The molecule has 1 aromatic carbocycles. The van der Waals surface area contributed by atoms with Gasteiger partial charge in [-0.3, -0.25) is 4.79 Å². The fraction of sp³-hybridized carbons (Fsp3) is 0.214. The van der Waals surface area contributed by atoms with E-state index in [-0.39, 0.29) is 11.9 Å². The molecule has 19 heavy (non-hydrogen) atoms. The van der Waals surface area contributed by atoms with Gasteiger partial charge in [0.15, 0.2) is 0 Å². The number of amides is 1. The summed E-state index contributed by atoms with van der Waals surface area (Å²) in [6, 6.07) is 8.12. The average molecular weight is 274 g/mol. The quantitative estimate of drug-likeness (QED) is 0.899. The SMILES string of the molecule is CC(Nc1ccc2c(c1)NC(=O)CS2)c1ccoc1. The smallest absolute Gasteiger partial charge is 0.234 e. The van der Waals surface area contributed by atoms with E-state index in [1.807, 2.05) is 24.3 Å². The van der Waals surface area contributed by atoms with E-state index in [4.69, 9.17) is 4.42 Å². The van der Waals surface area contributed by atoms with Gasteiger partial charge in [0.25, 0.3) is 0 Å². The lowest BCUT2D eigenvalue weighted by molar-refractivity contribution is -0.113. The normalized spacial score (nSPS) is 15.5. The highest BCUT2D eigenvalue weighted by Gasteiger charge is 2.16. The largest absolute Gasteiger partial charge is 0.472 e. The Morgan fingerprint density at radius 3 is 3.11 bits per heavy atom. The Hall–Kier alpha value is -1.88. The summed E-state index contributed by atoms with van der Waals surface area (Å²) in [5.41, 5.74) is 2.96. The van der Waals surface area contributed by atoms with Crippen LogP contribution in [0.15, 0.2) is 46.1 Å². The topological polar surface area (TPSA) is 54.3 Å². The highest BCUT2D eigenvalue weighted by molar-refractivity contribution is 8.00. The number of benzene rings is 1. The molecule has 2 heterocycles. The van der Waals surface area contributed by atoms with E-state index >= 15 is 0 Å². The van der Waals surface area contributed by atoms with Crippen molar-refractivity contribution in [1.29, 1.82) is 0 Å². The maximum atomic E-state index is 11.4. The van der Waals surface area contributed by atoms with Crippen LogP contribution in [-0.4, -0.2) is 11.7 Å². The molecule has 1 aromatic heterocycles. The monoisotopic (exact) mass is 274 g/mol. The van der Waals surface area contributed by atoms with Crippen LogP contribution in [-0.2, 0) is 4.79 Å². The fourth-order valence-electron chi connectivity index (χ4n) is 2.03. The van der Waals surface area contributed by atoms with Gasteiger partial charge in [-0.05, 0) is 31.2 Å². The van der Waals surface area contributed by atoms with E-state index in [0.717, 1.165) is 21.8 Å². The van der Waals surface area contributed by atoms with E-state index in [2.05, 4.69) is 17.6 Å². The van der Waals surface area contributed by atoms with E-state index in [1.54, 1.807) is 24.3 Å². The van der Waals surface area contributed by atoms with E-state index in [9.17, 15) is 4.79 Å². The highest BCUT2D eigenvalue weighted by Crippen LogP contribution is 2.34. The van der Waals surface area contributed by atoms with Crippen LogP contribution in [0.3, 0.4) is 0 Å². The molecule has 98 valence electrons. The number of rotatable bonds is 3. The number of carbonyl (C=O) groups is 1. The second kappa shape index (κ2) is 5.01. The molecule has 1 amide bonds. The van der Waals surface area contributed by atoms with Gasteiger partial charge < -0.3 is 15.1 Å². The zero-order valence-corrected chi connectivity index (χ0v) is 11.3. The molecular weight excluding hydrogens is 260 g/mol. The third-order valence-corrected chi connectivity index (χ3v) is 4.11. The number of nitrogens with one attached hydrogen (secondary N) is 2. The summed E-state index contributed by atoms with van der Waals surface area (Å²) in [6.07, 6.45) is 3.39. The summed E-state index contributed by atoms with van der Waals surface area (Å²) >= 11 is 1.57. The molecule has 0 saturated heterocycles. The second-order valence-corrected chi connectivity index (χ2v) is 5.49. The molecule has 3 rings (SSSR count). The third-order valence-electron chi connectivity index (χ3n) is 3.04. The molecule has 0 saturated carbocycles. The lowest BCUT2D eigenvalue weighted by Gasteiger charge is -2.19. The summed E-state index contributed by atoms with van der Waals surface area (Å²) in [5.74, 6) is 0.545. The minimum atomic E-state index is 0.0533. The number of anilines is 2. The minimum absolute atomic E-state index is 0.0533. The van der Waals surface area contributed by atoms with Crippen molar-refractivity contribution >= 4 is 29.0 Å².